The van der Waals surface area contributed by atoms with Crippen LogP contribution in [0.2, 0.25) is 0 Å². The topological polar surface area (TPSA) is 137 Å². The Hall–Kier alpha value is -5.51. The number of hydrogen-bond acceptors (Lipinski definition) is 5. The van der Waals surface area contributed by atoms with Crippen molar-refractivity contribution in [2.45, 2.75) is 94.5 Å². The van der Waals surface area contributed by atoms with Gasteiger partial charge in [-0.15, -0.1) is 0 Å². The Kier molecular flexibility index (Phi) is 11.1. The standard InChI is InChI=1S/C48H53N5O4/c1-32-22-25-40-35(26-32)28-41(51-40)47(57)53(42(27-33-14-6-2-7-15-33)45(55)44(54)34-23-24-34)43(46(49)56)29-39-30-52(31-50-39)48(36-16-8-3-9-17-36,37-18-10-4-11-19-37)38-20-12-5-13-21-38/h3-5,8-13,16-22,25-26,28,30-31,33-34,42-45,51,54-55H,2,6-7,14-15,23-24,27,29H2,1H3,(H2,49,56)/t42-,43?,44-,45+/m0/s1. The minimum absolute atomic E-state index is 0.00920. The minimum atomic E-state index is -1.27. The Morgan fingerprint density at radius 2 is 1.44 bits per heavy atom. The van der Waals surface area contributed by atoms with E-state index in [9.17, 15) is 15.0 Å². The van der Waals surface area contributed by atoms with Crippen LogP contribution in [0.25, 0.3) is 10.9 Å². The molecule has 2 saturated carbocycles. The van der Waals surface area contributed by atoms with Crippen LogP contribution in [0, 0.1) is 18.8 Å². The lowest BCUT2D eigenvalue weighted by Crippen LogP contribution is -2.60. The van der Waals surface area contributed by atoms with Gasteiger partial charge in [0.2, 0.25) is 5.91 Å². The van der Waals surface area contributed by atoms with Crippen LogP contribution >= 0.6 is 0 Å². The third-order valence-corrected chi connectivity index (χ3v) is 12.4. The van der Waals surface area contributed by atoms with E-state index in [0.29, 0.717) is 17.8 Å². The molecule has 57 heavy (non-hydrogen) atoms. The van der Waals surface area contributed by atoms with Gasteiger partial charge >= 0.3 is 0 Å². The number of aromatic amines is 1. The number of primary amides is 1. The summed E-state index contributed by atoms with van der Waals surface area (Å²) in [6, 6.07) is 36.5. The van der Waals surface area contributed by atoms with E-state index in [-0.39, 0.29) is 18.3 Å². The number of rotatable bonds is 15. The van der Waals surface area contributed by atoms with Gasteiger partial charge in [0.05, 0.1) is 24.2 Å². The first-order valence-electron chi connectivity index (χ1n) is 20.5. The second kappa shape index (κ2) is 16.5. The summed E-state index contributed by atoms with van der Waals surface area (Å²) in [5.41, 5.74) is 11.3. The number of nitrogens with one attached hydrogen (secondary N) is 1. The van der Waals surface area contributed by atoms with Crippen molar-refractivity contribution >= 4 is 22.7 Å². The number of carbonyl (C=O) groups is 2. The molecule has 2 heterocycles. The van der Waals surface area contributed by atoms with Crippen LogP contribution in [0.3, 0.4) is 0 Å². The first-order chi connectivity index (χ1) is 27.7. The Morgan fingerprint density at radius 1 is 0.842 bits per heavy atom. The summed E-state index contributed by atoms with van der Waals surface area (Å²) in [6.45, 7) is 2.00. The van der Waals surface area contributed by atoms with Gasteiger partial charge in [0.25, 0.3) is 5.91 Å². The van der Waals surface area contributed by atoms with Gasteiger partial charge in [-0.3, -0.25) is 9.59 Å². The molecule has 2 amide bonds. The van der Waals surface area contributed by atoms with E-state index in [1.54, 1.807) is 12.4 Å². The normalized spacial score (nSPS) is 17.2. The Labute approximate surface area is 334 Å². The first-order valence-corrected chi connectivity index (χ1v) is 20.5. The molecule has 2 aliphatic carbocycles. The van der Waals surface area contributed by atoms with Gasteiger partial charge in [-0.05, 0) is 72.9 Å². The summed E-state index contributed by atoms with van der Waals surface area (Å²) < 4.78 is 2.08. The predicted molar refractivity (Wildman–Crippen MR) is 222 cm³/mol. The van der Waals surface area contributed by atoms with Crippen molar-refractivity contribution in [1.29, 1.82) is 0 Å². The van der Waals surface area contributed by atoms with E-state index in [0.717, 1.165) is 78.1 Å². The van der Waals surface area contributed by atoms with Gasteiger partial charge in [0.1, 0.15) is 23.4 Å². The Morgan fingerprint density at radius 3 is 2.00 bits per heavy atom. The molecule has 2 fully saturated rings. The summed E-state index contributed by atoms with van der Waals surface area (Å²) in [5.74, 6) is -0.970. The van der Waals surface area contributed by atoms with Crippen molar-refractivity contribution in [3.05, 3.63) is 161 Å². The molecular formula is C48H53N5O4. The zero-order chi connectivity index (χ0) is 39.5. The molecule has 294 valence electrons. The van der Waals surface area contributed by atoms with Crippen molar-refractivity contribution in [2.24, 2.45) is 17.6 Å². The van der Waals surface area contributed by atoms with Crippen LogP contribution < -0.4 is 5.73 Å². The van der Waals surface area contributed by atoms with Crippen molar-refractivity contribution in [2.75, 3.05) is 0 Å². The smallest absolute Gasteiger partial charge is 0.271 e. The third kappa shape index (κ3) is 7.78. The molecule has 8 rings (SSSR count). The molecule has 0 aliphatic heterocycles. The second-order valence-electron chi connectivity index (χ2n) is 16.3. The highest BCUT2D eigenvalue weighted by molar-refractivity contribution is 6.00. The van der Waals surface area contributed by atoms with Crippen LogP contribution in [-0.4, -0.2) is 65.8 Å². The molecule has 0 spiro atoms. The number of nitrogens with two attached hydrogens (primary N) is 1. The highest BCUT2D eigenvalue weighted by Gasteiger charge is 2.46. The molecule has 4 aromatic carbocycles. The summed E-state index contributed by atoms with van der Waals surface area (Å²) >= 11 is 0. The number of benzene rings is 4. The molecule has 0 saturated heterocycles. The fourth-order valence-corrected chi connectivity index (χ4v) is 9.33. The van der Waals surface area contributed by atoms with Crippen molar-refractivity contribution in [1.82, 2.24) is 19.4 Å². The van der Waals surface area contributed by atoms with E-state index < -0.39 is 41.6 Å². The fourth-order valence-electron chi connectivity index (χ4n) is 9.33. The summed E-state index contributed by atoms with van der Waals surface area (Å²) in [5, 5.41) is 24.5. The zero-order valence-electron chi connectivity index (χ0n) is 32.6. The number of carbonyl (C=O) groups excluding carboxylic acids is 2. The monoisotopic (exact) mass is 763 g/mol. The summed E-state index contributed by atoms with van der Waals surface area (Å²) in [4.78, 5) is 38.8. The Bertz CT molecular complexity index is 2180. The van der Waals surface area contributed by atoms with Crippen molar-refractivity contribution in [3.63, 3.8) is 0 Å². The molecule has 0 radical (unpaired) electrons. The van der Waals surface area contributed by atoms with Gasteiger partial charge in [0.15, 0.2) is 0 Å². The lowest BCUT2D eigenvalue weighted by atomic mass is 9.77. The van der Waals surface area contributed by atoms with Crippen LogP contribution in [0.4, 0.5) is 0 Å². The largest absolute Gasteiger partial charge is 0.390 e. The van der Waals surface area contributed by atoms with Crippen LogP contribution in [0.15, 0.2) is 128 Å². The number of amides is 2. The molecule has 9 heteroatoms. The summed E-state index contributed by atoms with van der Waals surface area (Å²) in [7, 11) is 0. The van der Waals surface area contributed by atoms with Gasteiger partial charge < -0.3 is 30.4 Å². The predicted octanol–water partition coefficient (Wildman–Crippen LogP) is 7.52. The number of aromatic nitrogens is 3. The van der Waals surface area contributed by atoms with Crippen LogP contribution in [-0.2, 0) is 16.8 Å². The number of aliphatic hydroxyl groups excluding tert-OH is 2. The molecule has 4 atom stereocenters. The maximum Gasteiger partial charge on any atom is 0.271 e. The lowest BCUT2D eigenvalue weighted by molar-refractivity contribution is -0.125. The van der Waals surface area contributed by atoms with E-state index in [1.807, 2.05) is 85.9 Å². The minimum Gasteiger partial charge on any atom is -0.390 e. The van der Waals surface area contributed by atoms with Crippen molar-refractivity contribution < 1.29 is 19.8 Å². The lowest BCUT2D eigenvalue weighted by Gasteiger charge is -2.42. The maximum atomic E-state index is 15.1. The Balaban J connectivity index is 1.24. The third-order valence-electron chi connectivity index (χ3n) is 12.4. The molecule has 1 unspecified atom stereocenters. The van der Waals surface area contributed by atoms with Gasteiger partial charge in [-0.1, -0.05) is 135 Å². The first kappa shape index (κ1) is 38.4. The van der Waals surface area contributed by atoms with E-state index in [2.05, 4.69) is 45.9 Å². The highest BCUT2D eigenvalue weighted by Crippen LogP contribution is 2.42. The zero-order valence-corrected chi connectivity index (χ0v) is 32.6. The number of fused-ring (bicyclic) bond motifs is 1. The molecule has 6 aromatic rings. The number of imidazole rings is 1. The second-order valence-corrected chi connectivity index (χ2v) is 16.3. The number of nitrogens with zero attached hydrogens (tertiary/aromatic N) is 3. The van der Waals surface area contributed by atoms with E-state index >= 15 is 4.79 Å². The quantitative estimate of drug-likeness (QED) is 0.0803. The van der Waals surface area contributed by atoms with Crippen LogP contribution in [0.1, 0.15) is 89.8 Å². The molecule has 2 aromatic heterocycles. The average Bonchev–Trinajstić information content (AvgIpc) is 3.85. The average molecular weight is 764 g/mol. The van der Waals surface area contributed by atoms with Gasteiger partial charge in [-0.2, -0.15) is 0 Å². The fraction of sp³-hybridized carbons (Fsp3) is 0.354. The van der Waals surface area contributed by atoms with E-state index in [1.165, 1.54) is 4.90 Å². The van der Waals surface area contributed by atoms with Gasteiger partial charge in [-0.25, -0.2) is 4.98 Å². The molecule has 2 aliphatic rings. The van der Waals surface area contributed by atoms with Gasteiger partial charge in [0, 0.05) is 23.5 Å². The van der Waals surface area contributed by atoms with Crippen LogP contribution in [0.5, 0.6) is 0 Å². The molecule has 0 bridgehead atoms. The molecule has 5 N–H and O–H groups in total. The molecular weight excluding hydrogens is 711 g/mol. The number of H-pyrrole nitrogens is 1. The summed E-state index contributed by atoms with van der Waals surface area (Å²) in [6.07, 6.45) is 8.72. The highest BCUT2D eigenvalue weighted by atomic mass is 16.3. The van der Waals surface area contributed by atoms with E-state index in [4.69, 9.17) is 10.7 Å². The maximum absolute atomic E-state index is 15.1. The van der Waals surface area contributed by atoms with Crippen molar-refractivity contribution in [3.8, 4) is 0 Å². The number of aryl methyl sites for hydroxylation is 1. The number of aliphatic hydroxyl groups is 2. The SMILES string of the molecule is Cc1ccc2[nH]c(C(=O)N(C(Cc3cn(C(c4ccccc4)(c4ccccc4)c4ccccc4)cn3)C(N)=O)[C@@H](CC3CCCCC3)[C@@H](O)[C@@H](O)C3CC3)cc2c1. The molecule has 9 nitrogen and oxygen atoms in total. The number of hydrogen-bond donors (Lipinski definition) is 4.